The molecule has 3 rings (SSSR count). The van der Waals surface area contributed by atoms with Gasteiger partial charge in [-0.2, -0.15) is 4.68 Å². The summed E-state index contributed by atoms with van der Waals surface area (Å²) in [7, 11) is 0. The number of hydrogen-bond acceptors (Lipinski definition) is 6. The molecule has 1 aromatic heterocycles. The Labute approximate surface area is 162 Å². The molecule has 0 saturated carbocycles. The van der Waals surface area contributed by atoms with Crippen LogP contribution in [0.4, 0.5) is 5.69 Å². The number of carbonyl (C=O) groups is 1. The quantitative estimate of drug-likeness (QED) is 0.474. The number of aryl methyl sites for hydroxylation is 1. The minimum absolute atomic E-state index is 0.0534. The highest BCUT2D eigenvalue weighted by atomic mass is 32.2. The molecule has 0 radical (unpaired) electrons. The highest BCUT2D eigenvalue weighted by Gasteiger charge is 2.09. The van der Waals surface area contributed by atoms with Gasteiger partial charge >= 0.3 is 0 Å². The van der Waals surface area contributed by atoms with Crippen LogP contribution in [0.2, 0.25) is 0 Å². The van der Waals surface area contributed by atoms with E-state index in [2.05, 4.69) is 20.8 Å². The zero-order valence-corrected chi connectivity index (χ0v) is 16.1. The number of para-hydroxylation sites is 1. The molecule has 3 aromatic rings. The molecule has 0 aliphatic heterocycles. The number of aromatic nitrogens is 4. The number of benzene rings is 2. The summed E-state index contributed by atoms with van der Waals surface area (Å²) < 4.78 is 7.36. The summed E-state index contributed by atoms with van der Waals surface area (Å²) in [6.07, 6.45) is 2.94. The molecule has 0 spiro atoms. The number of carbonyl (C=O) groups excluding carboxylic acids is 1. The van der Waals surface area contributed by atoms with Gasteiger partial charge in [0.15, 0.2) is 0 Å². The van der Waals surface area contributed by atoms with E-state index < -0.39 is 0 Å². The number of nitrogens with zero attached hydrogens (tertiary/aromatic N) is 4. The Morgan fingerprint density at radius 1 is 1.22 bits per heavy atom. The van der Waals surface area contributed by atoms with Gasteiger partial charge < -0.3 is 10.1 Å². The molecule has 1 heterocycles. The molecule has 1 N–H and O–H groups in total. The Hall–Kier alpha value is -2.87. The second kappa shape index (κ2) is 9.18. The van der Waals surface area contributed by atoms with Crippen LogP contribution in [0, 0.1) is 6.92 Å². The average Bonchev–Trinajstić information content (AvgIpc) is 3.15. The minimum atomic E-state index is -0.0534. The molecule has 0 aliphatic rings. The third-order valence-corrected chi connectivity index (χ3v) is 4.52. The molecular formula is C19H21N5O2S. The van der Waals surface area contributed by atoms with Gasteiger partial charge in [-0.3, -0.25) is 4.79 Å². The largest absolute Gasteiger partial charge is 0.493 e. The number of amides is 1. The molecule has 0 saturated heterocycles. The van der Waals surface area contributed by atoms with Gasteiger partial charge in [0.05, 0.1) is 12.3 Å². The molecule has 1 amide bonds. The van der Waals surface area contributed by atoms with Crippen molar-refractivity contribution in [2.24, 2.45) is 0 Å². The lowest BCUT2D eigenvalue weighted by atomic mass is 10.2. The molecular weight excluding hydrogens is 362 g/mol. The van der Waals surface area contributed by atoms with E-state index in [0.29, 0.717) is 30.3 Å². The summed E-state index contributed by atoms with van der Waals surface area (Å²) in [5.41, 5.74) is 2.59. The van der Waals surface area contributed by atoms with Crippen LogP contribution in [0.15, 0.2) is 53.7 Å². The maximum atomic E-state index is 12.2. The lowest BCUT2D eigenvalue weighted by molar-refractivity contribution is -0.116. The Balaban J connectivity index is 1.51. The third-order valence-electron chi connectivity index (χ3n) is 3.90. The maximum Gasteiger partial charge on any atom is 0.224 e. The fourth-order valence-electron chi connectivity index (χ4n) is 2.54. The van der Waals surface area contributed by atoms with Crippen molar-refractivity contribution in [1.82, 2.24) is 20.2 Å². The Bertz CT molecular complexity index is 912. The second-order valence-electron chi connectivity index (χ2n) is 5.89. The fraction of sp³-hybridized carbons (Fsp3) is 0.263. The van der Waals surface area contributed by atoms with E-state index in [4.69, 9.17) is 4.74 Å². The number of hydrogen-bond donors (Lipinski definition) is 1. The minimum Gasteiger partial charge on any atom is -0.493 e. The molecule has 140 valence electrons. The standard InChI is InChI=1S/C19H21N5O2S/c1-14-7-3-4-10-17(14)26-12-6-11-18(25)20-15-8-5-9-16(13-15)24-19(27-2)21-22-23-24/h3-5,7-10,13H,6,11-12H2,1-2H3,(H,20,25). The molecule has 0 aliphatic carbocycles. The zero-order chi connectivity index (χ0) is 19.1. The van der Waals surface area contributed by atoms with E-state index in [0.717, 1.165) is 17.0 Å². The summed E-state index contributed by atoms with van der Waals surface area (Å²) in [6, 6.07) is 15.3. The van der Waals surface area contributed by atoms with Crippen LogP contribution in [0.1, 0.15) is 18.4 Å². The number of thioether (sulfide) groups is 1. The lowest BCUT2D eigenvalue weighted by Gasteiger charge is -2.10. The van der Waals surface area contributed by atoms with Crippen LogP contribution in [-0.4, -0.2) is 39.0 Å². The zero-order valence-electron chi connectivity index (χ0n) is 15.3. The first-order chi connectivity index (χ1) is 13.2. The number of rotatable bonds is 8. The summed E-state index contributed by atoms with van der Waals surface area (Å²) in [5.74, 6) is 0.805. The highest BCUT2D eigenvalue weighted by Crippen LogP contribution is 2.19. The van der Waals surface area contributed by atoms with Crippen molar-refractivity contribution in [1.29, 1.82) is 0 Å². The van der Waals surface area contributed by atoms with E-state index in [-0.39, 0.29) is 5.91 Å². The molecule has 8 heteroatoms. The van der Waals surface area contributed by atoms with Crippen molar-refractivity contribution < 1.29 is 9.53 Å². The highest BCUT2D eigenvalue weighted by molar-refractivity contribution is 7.98. The van der Waals surface area contributed by atoms with Crippen LogP contribution >= 0.6 is 11.8 Å². The predicted molar refractivity (Wildman–Crippen MR) is 105 cm³/mol. The fourth-order valence-corrected chi connectivity index (χ4v) is 2.97. The molecule has 0 bridgehead atoms. The third kappa shape index (κ3) is 5.07. The van der Waals surface area contributed by atoms with Gasteiger partial charge in [-0.05, 0) is 59.9 Å². The van der Waals surface area contributed by atoms with Crippen LogP contribution in [0.3, 0.4) is 0 Å². The van der Waals surface area contributed by atoms with Gasteiger partial charge in [0.1, 0.15) is 5.75 Å². The van der Waals surface area contributed by atoms with Crippen molar-refractivity contribution in [3.05, 3.63) is 54.1 Å². The molecule has 0 atom stereocenters. The first kappa shape index (κ1) is 18.9. The maximum absolute atomic E-state index is 12.2. The van der Waals surface area contributed by atoms with E-state index in [1.165, 1.54) is 11.8 Å². The second-order valence-corrected chi connectivity index (χ2v) is 6.67. The van der Waals surface area contributed by atoms with E-state index in [1.807, 2.05) is 61.7 Å². The Kier molecular flexibility index (Phi) is 6.43. The van der Waals surface area contributed by atoms with Crippen LogP contribution in [0.5, 0.6) is 5.75 Å². The summed E-state index contributed by atoms with van der Waals surface area (Å²) >= 11 is 1.45. The van der Waals surface area contributed by atoms with E-state index in [1.54, 1.807) is 4.68 Å². The molecule has 27 heavy (non-hydrogen) atoms. The van der Waals surface area contributed by atoms with Crippen molar-refractivity contribution >= 4 is 23.4 Å². The number of tetrazole rings is 1. The Morgan fingerprint density at radius 3 is 2.89 bits per heavy atom. The van der Waals surface area contributed by atoms with Crippen LogP contribution in [-0.2, 0) is 4.79 Å². The van der Waals surface area contributed by atoms with Crippen molar-refractivity contribution in [2.45, 2.75) is 24.9 Å². The SMILES string of the molecule is CSc1nnnn1-c1cccc(NC(=O)CCCOc2ccccc2C)c1. The summed E-state index contributed by atoms with van der Waals surface area (Å²) in [4.78, 5) is 12.2. The monoisotopic (exact) mass is 383 g/mol. The molecule has 0 unspecified atom stereocenters. The van der Waals surface area contributed by atoms with Crippen molar-refractivity contribution in [2.75, 3.05) is 18.2 Å². The first-order valence-corrected chi connectivity index (χ1v) is 9.81. The van der Waals surface area contributed by atoms with Crippen molar-refractivity contribution in [3.63, 3.8) is 0 Å². The first-order valence-electron chi connectivity index (χ1n) is 8.58. The topological polar surface area (TPSA) is 81.9 Å². The van der Waals surface area contributed by atoms with Crippen LogP contribution < -0.4 is 10.1 Å². The number of ether oxygens (including phenoxy) is 1. The van der Waals surface area contributed by atoms with Gasteiger partial charge in [0.25, 0.3) is 0 Å². The van der Waals surface area contributed by atoms with E-state index >= 15 is 0 Å². The molecule has 0 fully saturated rings. The van der Waals surface area contributed by atoms with Gasteiger partial charge in [-0.15, -0.1) is 5.10 Å². The average molecular weight is 383 g/mol. The Morgan fingerprint density at radius 2 is 2.07 bits per heavy atom. The van der Waals surface area contributed by atoms with Gasteiger partial charge in [-0.1, -0.05) is 36.0 Å². The van der Waals surface area contributed by atoms with Gasteiger partial charge in [0, 0.05) is 12.1 Å². The number of nitrogens with one attached hydrogen (secondary N) is 1. The van der Waals surface area contributed by atoms with Crippen LogP contribution in [0.25, 0.3) is 5.69 Å². The smallest absolute Gasteiger partial charge is 0.224 e. The number of anilines is 1. The van der Waals surface area contributed by atoms with Crippen molar-refractivity contribution in [3.8, 4) is 11.4 Å². The molecule has 2 aromatic carbocycles. The summed E-state index contributed by atoms with van der Waals surface area (Å²) in [6.45, 7) is 2.50. The van der Waals surface area contributed by atoms with E-state index in [9.17, 15) is 4.79 Å². The summed E-state index contributed by atoms with van der Waals surface area (Å²) in [5, 5.41) is 15.2. The lowest BCUT2D eigenvalue weighted by Crippen LogP contribution is -2.13. The predicted octanol–water partition coefficient (Wildman–Crippen LogP) is 3.49. The van der Waals surface area contributed by atoms with Gasteiger partial charge in [-0.25, -0.2) is 0 Å². The van der Waals surface area contributed by atoms with Gasteiger partial charge in [0.2, 0.25) is 11.1 Å². The molecule has 7 nitrogen and oxygen atoms in total. The normalized spacial score (nSPS) is 10.6.